The van der Waals surface area contributed by atoms with Crippen LogP contribution in [0.3, 0.4) is 0 Å². The maximum absolute atomic E-state index is 12.8. The summed E-state index contributed by atoms with van der Waals surface area (Å²) < 4.78 is 40.4. The number of unbranched alkanes of at least 4 members (excludes halogenated alkanes) is 15. The number of rotatable bonds is 28. The lowest BCUT2D eigenvalue weighted by Crippen LogP contribution is -2.57. The Morgan fingerprint density at radius 1 is 0.739 bits per heavy atom. The lowest BCUT2D eigenvalue weighted by Gasteiger charge is -2.41. The van der Waals surface area contributed by atoms with Crippen LogP contribution in [0.25, 0.3) is 0 Å². The Hall–Kier alpha value is -0.130. The van der Waals surface area contributed by atoms with Gasteiger partial charge in [-0.15, -0.1) is 0 Å². The number of methoxy groups -OCH3 is 1. The monoisotopic (exact) mass is 680 g/mol. The van der Waals surface area contributed by atoms with E-state index in [1.54, 1.807) is 0 Å². The van der Waals surface area contributed by atoms with Gasteiger partial charge in [0.25, 0.3) is 0 Å². The number of aliphatic hydroxyl groups excluding tert-OH is 3. The predicted octanol–water partition coefficient (Wildman–Crippen LogP) is 7.23. The van der Waals surface area contributed by atoms with E-state index in [2.05, 4.69) is 6.92 Å². The number of hydrogen-bond donors (Lipinski definition) is 4. The quantitative estimate of drug-likeness (QED) is 0.0493. The Morgan fingerprint density at radius 2 is 1.28 bits per heavy atom. The summed E-state index contributed by atoms with van der Waals surface area (Å²) in [4.78, 5) is 10.4. The zero-order valence-electron chi connectivity index (χ0n) is 29.1. The molecule has 0 bridgehead atoms. The molecule has 0 aliphatic heterocycles. The van der Waals surface area contributed by atoms with Crippen molar-refractivity contribution in [1.82, 2.24) is 0 Å². The number of aliphatic hydroxyl groups is 3. The van der Waals surface area contributed by atoms with Crippen molar-refractivity contribution < 1.29 is 48.0 Å². The summed E-state index contributed by atoms with van der Waals surface area (Å²) in [5, 5.41) is 31.0. The molecule has 10 nitrogen and oxygen atoms in total. The van der Waals surface area contributed by atoms with Gasteiger partial charge in [-0.25, -0.2) is 4.57 Å². The zero-order chi connectivity index (χ0) is 33.5. The molecule has 0 aromatic heterocycles. The summed E-state index contributed by atoms with van der Waals surface area (Å²) in [7, 11) is -3.17. The van der Waals surface area contributed by atoms with E-state index < -0.39 is 44.4 Å². The van der Waals surface area contributed by atoms with Gasteiger partial charge in [-0.1, -0.05) is 122 Å². The van der Waals surface area contributed by atoms with Gasteiger partial charge in [-0.2, -0.15) is 0 Å². The van der Waals surface area contributed by atoms with Gasteiger partial charge in [-0.3, -0.25) is 9.05 Å². The third-order valence-electron chi connectivity index (χ3n) is 9.65. The van der Waals surface area contributed by atoms with Crippen LogP contribution in [0.5, 0.6) is 0 Å². The average molecular weight is 681 g/mol. The van der Waals surface area contributed by atoms with Crippen molar-refractivity contribution in [2.75, 3.05) is 33.5 Å². The summed E-state index contributed by atoms with van der Waals surface area (Å²) in [6, 6.07) is 0. The smallest absolute Gasteiger partial charge is 0.390 e. The Labute approximate surface area is 279 Å². The molecule has 2 rings (SSSR count). The van der Waals surface area contributed by atoms with Crippen molar-refractivity contribution in [3.05, 3.63) is 0 Å². The number of ether oxygens (including phenoxy) is 3. The Balaban J connectivity index is 1.54. The molecule has 0 aromatic rings. The van der Waals surface area contributed by atoms with E-state index in [9.17, 15) is 24.8 Å². The van der Waals surface area contributed by atoms with Gasteiger partial charge < -0.3 is 34.4 Å². The number of phosphoric ester groups is 1. The second kappa shape index (κ2) is 25.8. The van der Waals surface area contributed by atoms with Gasteiger partial charge in [-0.05, 0) is 25.2 Å². The molecule has 2 saturated carbocycles. The topological polar surface area (TPSA) is 144 Å². The molecule has 2 aliphatic carbocycles. The molecule has 1 unspecified atom stereocenters. The second-order valence-corrected chi connectivity index (χ2v) is 15.1. The van der Waals surface area contributed by atoms with Crippen LogP contribution < -0.4 is 0 Å². The molecule has 0 spiro atoms. The van der Waals surface area contributed by atoms with Crippen LogP contribution in [0.15, 0.2) is 0 Å². The van der Waals surface area contributed by atoms with Crippen LogP contribution in [0.2, 0.25) is 0 Å². The number of hydrogen-bond acceptors (Lipinski definition) is 9. The molecule has 0 radical (unpaired) electrons. The largest absolute Gasteiger partial charge is 0.472 e. The van der Waals surface area contributed by atoms with E-state index in [4.69, 9.17) is 23.3 Å². The summed E-state index contributed by atoms with van der Waals surface area (Å²) in [6.45, 7) is 3.21. The second-order valence-electron chi connectivity index (χ2n) is 13.7. The highest BCUT2D eigenvalue weighted by Crippen LogP contribution is 2.47. The zero-order valence-corrected chi connectivity index (χ0v) is 30.0. The van der Waals surface area contributed by atoms with E-state index in [1.807, 2.05) is 0 Å². The normalized spacial score (nSPS) is 26.3. The van der Waals surface area contributed by atoms with Crippen molar-refractivity contribution in [2.45, 2.75) is 185 Å². The molecular weight excluding hydrogens is 611 g/mol. The van der Waals surface area contributed by atoms with Gasteiger partial charge in [0, 0.05) is 26.7 Å². The molecule has 4 N–H and O–H groups in total. The number of phosphoric acid groups is 1. The van der Waals surface area contributed by atoms with Crippen LogP contribution >= 0.6 is 7.82 Å². The van der Waals surface area contributed by atoms with Crippen LogP contribution in [-0.4, -0.2) is 90.4 Å². The molecule has 0 aromatic carbocycles. The first kappa shape index (κ1) is 42.0. The lowest BCUT2D eigenvalue weighted by atomic mass is 9.86. The summed E-state index contributed by atoms with van der Waals surface area (Å²) in [5.41, 5.74) is 0. The Bertz CT molecular complexity index is 768. The van der Waals surface area contributed by atoms with Gasteiger partial charge in [0.1, 0.15) is 24.4 Å². The van der Waals surface area contributed by atoms with Crippen molar-refractivity contribution in [3.63, 3.8) is 0 Å². The van der Waals surface area contributed by atoms with Gasteiger partial charge >= 0.3 is 7.82 Å². The Kier molecular flexibility index (Phi) is 23.6. The first-order valence-corrected chi connectivity index (χ1v) is 20.2. The fourth-order valence-corrected chi connectivity index (χ4v) is 7.56. The van der Waals surface area contributed by atoms with Gasteiger partial charge in [0.15, 0.2) is 0 Å². The SMILES string of the molecule is CCCCCCCCCCCCCCCCCCOC[C@H](COP(=O)(O)O[C@@H]1[C@@H](O)[C@H](O)[C@@H](O)C[C@@H]1OCC1CCCCC1)OC. The van der Waals surface area contributed by atoms with E-state index >= 15 is 0 Å². The summed E-state index contributed by atoms with van der Waals surface area (Å²) >= 11 is 0. The Morgan fingerprint density at radius 3 is 1.83 bits per heavy atom. The third kappa shape index (κ3) is 18.6. The summed E-state index contributed by atoms with van der Waals surface area (Å²) in [6.07, 6.45) is 19.4. The molecule has 0 saturated heterocycles. The highest BCUT2D eigenvalue weighted by atomic mass is 31.2. The molecule has 46 heavy (non-hydrogen) atoms. The van der Waals surface area contributed by atoms with Crippen molar-refractivity contribution in [2.24, 2.45) is 5.92 Å². The molecule has 0 amide bonds. The molecule has 7 atom stereocenters. The highest BCUT2D eigenvalue weighted by Gasteiger charge is 2.47. The van der Waals surface area contributed by atoms with Gasteiger partial charge in [0.05, 0.1) is 25.4 Å². The lowest BCUT2D eigenvalue weighted by molar-refractivity contribution is -0.189. The van der Waals surface area contributed by atoms with E-state index in [1.165, 1.54) is 103 Å². The van der Waals surface area contributed by atoms with Crippen molar-refractivity contribution in [1.29, 1.82) is 0 Å². The minimum atomic E-state index is -4.65. The minimum absolute atomic E-state index is 0.0243. The van der Waals surface area contributed by atoms with Crippen molar-refractivity contribution >= 4 is 7.82 Å². The molecule has 2 fully saturated rings. The van der Waals surface area contributed by atoms with Crippen molar-refractivity contribution in [3.8, 4) is 0 Å². The molecule has 11 heteroatoms. The predicted molar refractivity (Wildman–Crippen MR) is 181 cm³/mol. The first-order chi connectivity index (χ1) is 22.3. The van der Waals surface area contributed by atoms with Crippen LogP contribution in [0.4, 0.5) is 0 Å². The fourth-order valence-electron chi connectivity index (χ4n) is 6.57. The maximum atomic E-state index is 12.8. The minimum Gasteiger partial charge on any atom is -0.390 e. The van der Waals surface area contributed by atoms with Crippen LogP contribution in [-0.2, 0) is 27.8 Å². The van der Waals surface area contributed by atoms with E-state index in [0.29, 0.717) is 19.1 Å². The van der Waals surface area contributed by atoms with Gasteiger partial charge in [0.2, 0.25) is 0 Å². The standard InChI is InChI=1S/C35H69O10P/c1-3-4-5-6-7-8-9-10-11-12-13-14-15-16-17-21-24-42-27-30(41-2)28-44-46(39,40)45-35-32(25-31(36)33(37)34(35)38)43-26-29-22-19-18-20-23-29/h29-38H,3-28H2,1-2H3,(H,39,40)/t30-,31+,32+,33-,34+,35+/m1/s1. The van der Waals surface area contributed by atoms with E-state index in [-0.39, 0.29) is 19.6 Å². The first-order valence-electron chi connectivity index (χ1n) is 18.7. The summed E-state index contributed by atoms with van der Waals surface area (Å²) in [5.74, 6) is 0.356. The molecule has 0 heterocycles. The average Bonchev–Trinajstić information content (AvgIpc) is 3.05. The highest BCUT2D eigenvalue weighted by molar-refractivity contribution is 7.47. The molecule has 2 aliphatic rings. The van der Waals surface area contributed by atoms with Crippen LogP contribution in [0.1, 0.15) is 148 Å². The maximum Gasteiger partial charge on any atom is 0.472 e. The molecular formula is C35H69O10P. The third-order valence-corrected chi connectivity index (χ3v) is 10.6. The fraction of sp³-hybridized carbons (Fsp3) is 1.00. The van der Waals surface area contributed by atoms with Crippen LogP contribution in [0, 0.1) is 5.92 Å². The van der Waals surface area contributed by atoms with E-state index in [0.717, 1.165) is 38.5 Å². The molecule has 274 valence electrons.